The number of hydrogen-bond donors (Lipinski definition) is 1. The molecule has 0 bridgehead atoms. The number of hydrogen-bond acceptors (Lipinski definition) is 7. The number of aliphatic hydroxyl groups excluding tert-OH is 1. The van der Waals surface area contributed by atoms with Crippen LogP contribution in [0.3, 0.4) is 0 Å². The van der Waals surface area contributed by atoms with Gasteiger partial charge in [0.15, 0.2) is 17.7 Å². The quantitative estimate of drug-likeness (QED) is 0.692. The van der Waals surface area contributed by atoms with Crippen LogP contribution < -0.4 is 0 Å². The van der Waals surface area contributed by atoms with Crippen molar-refractivity contribution in [2.45, 2.75) is 70.1 Å². The first-order valence-electron chi connectivity index (χ1n) is 9.34. The second kappa shape index (κ2) is 8.24. The molecule has 1 aromatic rings. The number of ether oxygens (including phenoxy) is 5. The van der Waals surface area contributed by atoms with Gasteiger partial charge in [0.05, 0.1) is 13.2 Å². The smallest absolute Gasteiger partial charge is 0.305 e. The molecule has 0 aromatic heterocycles. The van der Waals surface area contributed by atoms with Crippen LogP contribution in [0.15, 0.2) is 30.3 Å². The van der Waals surface area contributed by atoms with Crippen molar-refractivity contribution in [3.63, 3.8) is 0 Å². The van der Waals surface area contributed by atoms with E-state index in [-0.39, 0.29) is 19.2 Å². The normalized spacial score (nSPS) is 31.6. The van der Waals surface area contributed by atoms with Crippen molar-refractivity contribution in [2.75, 3.05) is 13.2 Å². The van der Waals surface area contributed by atoms with Crippen LogP contribution in [0.4, 0.5) is 0 Å². The van der Waals surface area contributed by atoms with Crippen LogP contribution in [0.5, 0.6) is 0 Å². The predicted molar refractivity (Wildman–Crippen MR) is 95.6 cm³/mol. The minimum absolute atomic E-state index is 0.123. The molecule has 4 atom stereocenters. The maximum atomic E-state index is 11.8. The van der Waals surface area contributed by atoms with Gasteiger partial charge in [-0.1, -0.05) is 37.3 Å². The lowest BCUT2D eigenvalue weighted by molar-refractivity contribution is -0.260. The summed E-state index contributed by atoms with van der Waals surface area (Å²) >= 11 is 0. The lowest BCUT2D eigenvalue weighted by Gasteiger charge is -2.34. The van der Waals surface area contributed by atoms with Gasteiger partial charge >= 0.3 is 5.97 Å². The standard InChI is InChI=1S/C20H28O7/c1-4-8-15(22)24-13-20(12-21)17(23-11-14-9-6-5-7-10-14)16-18(27-20)26-19(2,3)25-16/h5-7,9-10,16-18,21H,4,8,11-13H2,1-3H3/t16-,17-,18+,20+/m1/s1. The Hall–Kier alpha value is -1.51. The van der Waals surface area contributed by atoms with E-state index in [1.807, 2.05) is 37.3 Å². The highest BCUT2D eigenvalue weighted by Crippen LogP contribution is 2.44. The highest BCUT2D eigenvalue weighted by Gasteiger charge is 2.63. The van der Waals surface area contributed by atoms with Crippen molar-refractivity contribution in [1.82, 2.24) is 0 Å². The van der Waals surface area contributed by atoms with Gasteiger partial charge in [0, 0.05) is 6.42 Å². The van der Waals surface area contributed by atoms with Gasteiger partial charge in [-0.05, 0) is 25.8 Å². The number of carbonyl (C=O) groups excluding carboxylic acids is 1. The summed E-state index contributed by atoms with van der Waals surface area (Å²) in [5.41, 5.74) is -0.252. The molecule has 2 fully saturated rings. The summed E-state index contributed by atoms with van der Waals surface area (Å²) in [4.78, 5) is 11.8. The fraction of sp³-hybridized carbons (Fsp3) is 0.650. The molecule has 2 aliphatic heterocycles. The Morgan fingerprint density at radius 2 is 1.93 bits per heavy atom. The molecule has 7 heteroatoms. The molecule has 0 amide bonds. The average Bonchev–Trinajstić information content (AvgIpc) is 3.08. The molecule has 2 saturated heterocycles. The second-order valence-electron chi connectivity index (χ2n) is 7.44. The fourth-order valence-corrected chi connectivity index (χ4v) is 3.43. The fourth-order valence-electron chi connectivity index (χ4n) is 3.43. The maximum absolute atomic E-state index is 11.8. The van der Waals surface area contributed by atoms with E-state index in [1.54, 1.807) is 13.8 Å². The van der Waals surface area contributed by atoms with Gasteiger partial charge in [-0.25, -0.2) is 0 Å². The predicted octanol–water partition coefficient (Wildman–Crippen LogP) is 2.15. The Balaban J connectivity index is 1.76. The van der Waals surface area contributed by atoms with E-state index in [4.69, 9.17) is 23.7 Å². The minimum Gasteiger partial charge on any atom is -0.462 e. The SMILES string of the molecule is CCCC(=O)OC[C@]1(CO)O[C@@H]2OC(C)(C)O[C@@H]2[C@H]1OCc1ccccc1. The van der Waals surface area contributed by atoms with Crippen molar-refractivity contribution in [3.05, 3.63) is 35.9 Å². The van der Waals surface area contributed by atoms with Crippen molar-refractivity contribution >= 4 is 5.97 Å². The summed E-state index contributed by atoms with van der Waals surface area (Å²) in [7, 11) is 0. The molecule has 2 heterocycles. The maximum Gasteiger partial charge on any atom is 0.305 e. The van der Waals surface area contributed by atoms with Crippen molar-refractivity contribution in [2.24, 2.45) is 0 Å². The molecule has 150 valence electrons. The number of benzene rings is 1. The Morgan fingerprint density at radius 1 is 1.19 bits per heavy atom. The van der Waals surface area contributed by atoms with E-state index in [0.29, 0.717) is 19.4 Å². The van der Waals surface area contributed by atoms with Gasteiger partial charge in [0.25, 0.3) is 0 Å². The van der Waals surface area contributed by atoms with Crippen LogP contribution in [0.1, 0.15) is 39.2 Å². The third-order valence-corrected chi connectivity index (χ3v) is 4.73. The zero-order valence-electron chi connectivity index (χ0n) is 16.1. The largest absolute Gasteiger partial charge is 0.462 e. The van der Waals surface area contributed by atoms with E-state index < -0.39 is 29.9 Å². The number of rotatable bonds is 8. The molecule has 1 N–H and O–H groups in total. The van der Waals surface area contributed by atoms with E-state index in [1.165, 1.54) is 0 Å². The molecular formula is C20H28O7. The van der Waals surface area contributed by atoms with E-state index in [9.17, 15) is 9.90 Å². The van der Waals surface area contributed by atoms with Crippen LogP contribution in [-0.2, 0) is 35.1 Å². The molecule has 7 nitrogen and oxygen atoms in total. The van der Waals surface area contributed by atoms with E-state index in [2.05, 4.69) is 0 Å². The number of esters is 1. The highest BCUT2D eigenvalue weighted by molar-refractivity contribution is 5.69. The lowest BCUT2D eigenvalue weighted by atomic mass is 9.96. The molecule has 3 rings (SSSR count). The minimum atomic E-state index is -1.23. The van der Waals surface area contributed by atoms with Gasteiger partial charge in [0.2, 0.25) is 0 Å². The summed E-state index contributed by atoms with van der Waals surface area (Å²) in [6.07, 6.45) is -0.877. The summed E-state index contributed by atoms with van der Waals surface area (Å²) in [6, 6.07) is 9.68. The van der Waals surface area contributed by atoms with Gasteiger partial charge < -0.3 is 28.8 Å². The molecule has 0 unspecified atom stereocenters. The average molecular weight is 380 g/mol. The summed E-state index contributed by atoms with van der Waals surface area (Å²) in [6.45, 7) is 5.30. The summed E-state index contributed by atoms with van der Waals surface area (Å²) in [5.74, 6) is -1.15. The molecule has 1 aromatic carbocycles. The summed E-state index contributed by atoms with van der Waals surface area (Å²) < 4.78 is 29.2. The lowest BCUT2D eigenvalue weighted by Crippen LogP contribution is -2.53. The molecular weight excluding hydrogens is 352 g/mol. The Kier molecular flexibility index (Phi) is 6.18. The highest BCUT2D eigenvalue weighted by atomic mass is 16.8. The topological polar surface area (TPSA) is 83.5 Å². The van der Waals surface area contributed by atoms with Crippen LogP contribution in [0.2, 0.25) is 0 Å². The van der Waals surface area contributed by atoms with Gasteiger partial charge in [0.1, 0.15) is 18.8 Å². The van der Waals surface area contributed by atoms with Crippen LogP contribution >= 0.6 is 0 Å². The van der Waals surface area contributed by atoms with Gasteiger partial charge in [-0.3, -0.25) is 4.79 Å². The Labute approximate surface area is 159 Å². The first-order valence-corrected chi connectivity index (χ1v) is 9.34. The molecule has 27 heavy (non-hydrogen) atoms. The summed E-state index contributed by atoms with van der Waals surface area (Å²) in [5, 5.41) is 10.1. The Morgan fingerprint density at radius 3 is 2.59 bits per heavy atom. The van der Waals surface area contributed by atoms with E-state index in [0.717, 1.165) is 5.56 Å². The van der Waals surface area contributed by atoms with E-state index >= 15 is 0 Å². The van der Waals surface area contributed by atoms with Crippen molar-refractivity contribution < 1.29 is 33.6 Å². The first kappa shape index (κ1) is 20.2. The zero-order chi connectivity index (χ0) is 19.5. The zero-order valence-corrected chi connectivity index (χ0v) is 16.1. The molecule has 0 aliphatic carbocycles. The monoisotopic (exact) mass is 380 g/mol. The van der Waals surface area contributed by atoms with Crippen LogP contribution in [0.25, 0.3) is 0 Å². The molecule has 0 radical (unpaired) electrons. The van der Waals surface area contributed by atoms with Gasteiger partial charge in [-0.2, -0.15) is 0 Å². The first-order chi connectivity index (χ1) is 12.9. The molecule has 0 saturated carbocycles. The number of fused-ring (bicyclic) bond motifs is 1. The number of carbonyl (C=O) groups is 1. The number of aliphatic hydroxyl groups is 1. The molecule has 0 spiro atoms. The third kappa shape index (κ3) is 4.50. The van der Waals surface area contributed by atoms with Crippen LogP contribution in [0, 0.1) is 0 Å². The van der Waals surface area contributed by atoms with Crippen molar-refractivity contribution in [3.8, 4) is 0 Å². The van der Waals surface area contributed by atoms with Crippen LogP contribution in [-0.4, -0.2) is 54.2 Å². The van der Waals surface area contributed by atoms with Gasteiger partial charge in [-0.15, -0.1) is 0 Å². The Bertz CT molecular complexity index is 632. The molecule has 2 aliphatic rings. The third-order valence-electron chi connectivity index (χ3n) is 4.73. The van der Waals surface area contributed by atoms with Crippen molar-refractivity contribution in [1.29, 1.82) is 0 Å². The second-order valence-corrected chi connectivity index (χ2v) is 7.44.